The summed E-state index contributed by atoms with van der Waals surface area (Å²) in [6, 6.07) is 8.25. The molecule has 4 aromatic rings. The molecule has 0 fully saturated rings. The molecule has 0 saturated heterocycles. The number of benzene rings is 1. The van der Waals surface area contributed by atoms with E-state index >= 15 is 0 Å². The minimum atomic E-state index is -0.744. The van der Waals surface area contributed by atoms with Crippen molar-refractivity contribution in [2.24, 2.45) is 0 Å². The van der Waals surface area contributed by atoms with Crippen LogP contribution in [0.25, 0.3) is 11.3 Å². The van der Waals surface area contributed by atoms with Gasteiger partial charge in [0.1, 0.15) is 11.5 Å². The fourth-order valence-electron chi connectivity index (χ4n) is 3.64. The maximum atomic E-state index is 12.5. The quantitative estimate of drug-likeness (QED) is 0.352. The van der Waals surface area contributed by atoms with Crippen LogP contribution in [0.2, 0.25) is 5.02 Å². The van der Waals surface area contributed by atoms with Crippen LogP contribution in [0.1, 0.15) is 44.6 Å². The van der Waals surface area contributed by atoms with Gasteiger partial charge in [0.2, 0.25) is 0 Å². The highest BCUT2D eigenvalue weighted by atomic mass is 35.5. The fourth-order valence-corrected chi connectivity index (χ4v) is 3.84. The predicted octanol–water partition coefficient (Wildman–Crippen LogP) is 3.22. The molecule has 10 heteroatoms. The summed E-state index contributed by atoms with van der Waals surface area (Å²) in [5, 5.41) is 10.9. The first-order valence-electron chi connectivity index (χ1n) is 9.34. The molecule has 0 spiro atoms. The zero-order chi connectivity index (χ0) is 22.3. The highest BCUT2D eigenvalue weighted by Crippen LogP contribution is 2.35. The van der Waals surface area contributed by atoms with Crippen LogP contribution in [0.5, 0.6) is 0 Å². The van der Waals surface area contributed by atoms with Crippen molar-refractivity contribution in [2.45, 2.75) is 19.8 Å². The molecule has 0 atom stereocenters. The van der Waals surface area contributed by atoms with Crippen molar-refractivity contribution < 1.29 is 13.9 Å². The van der Waals surface area contributed by atoms with E-state index in [1.165, 1.54) is 7.11 Å². The number of H-pyrrole nitrogens is 4. The van der Waals surface area contributed by atoms with Crippen LogP contribution in [-0.4, -0.2) is 33.5 Å². The number of methoxy groups -OCH3 is 1. The molecule has 9 nitrogen and oxygen atoms in total. The van der Waals surface area contributed by atoms with Gasteiger partial charge in [-0.2, -0.15) is 0 Å². The molecule has 4 N–H and O–H groups in total. The van der Waals surface area contributed by atoms with E-state index in [2.05, 4.69) is 20.4 Å². The molecule has 0 unspecified atom stereocenters. The van der Waals surface area contributed by atoms with Gasteiger partial charge < -0.3 is 19.4 Å². The van der Waals surface area contributed by atoms with Crippen LogP contribution >= 0.6 is 11.6 Å². The number of esters is 1. The largest absolute Gasteiger partial charge is 0.465 e. The highest BCUT2D eigenvalue weighted by molar-refractivity contribution is 6.33. The maximum Gasteiger partial charge on any atom is 0.339 e. The topological polar surface area (TPSA) is 137 Å². The molecule has 3 aromatic heterocycles. The van der Waals surface area contributed by atoms with Crippen molar-refractivity contribution in [3.63, 3.8) is 0 Å². The zero-order valence-electron chi connectivity index (χ0n) is 16.9. The maximum absolute atomic E-state index is 12.5. The minimum Gasteiger partial charge on any atom is -0.465 e. The summed E-state index contributed by atoms with van der Waals surface area (Å²) in [6.45, 7) is 3.48. The molecule has 4 rings (SSSR count). The number of carbonyl (C=O) groups is 1. The first-order chi connectivity index (χ1) is 14.8. The molecular formula is C21H19ClN4O5. The van der Waals surface area contributed by atoms with E-state index in [-0.39, 0.29) is 21.7 Å². The number of aromatic nitrogens is 4. The van der Waals surface area contributed by atoms with Gasteiger partial charge in [0.05, 0.1) is 34.7 Å². The normalized spacial score (nSPS) is 11.3. The summed E-state index contributed by atoms with van der Waals surface area (Å²) >= 11 is 6.10. The number of aromatic amines is 4. The van der Waals surface area contributed by atoms with Gasteiger partial charge in [-0.1, -0.05) is 11.6 Å². The van der Waals surface area contributed by atoms with E-state index in [9.17, 15) is 14.4 Å². The molecule has 160 valence electrons. The zero-order valence-corrected chi connectivity index (χ0v) is 17.6. The summed E-state index contributed by atoms with van der Waals surface area (Å²) in [5.74, 6) is -0.478. The van der Waals surface area contributed by atoms with E-state index in [1.54, 1.807) is 44.2 Å². The van der Waals surface area contributed by atoms with Gasteiger partial charge in [0.25, 0.3) is 11.1 Å². The smallest absolute Gasteiger partial charge is 0.339 e. The van der Waals surface area contributed by atoms with E-state index in [4.69, 9.17) is 20.8 Å². The second kappa shape index (κ2) is 7.84. The van der Waals surface area contributed by atoms with Crippen LogP contribution < -0.4 is 11.1 Å². The van der Waals surface area contributed by atoms with Gasteiger partial charge in [0, 0.05) is 17.0 Å². The summed E-state index contributed by atoms with van der Waals surface area (Å²) in [4.78, 5) is 37.0. The number of aryl methyl sites for hydroxylation is 2. The first kappa shape index (κ1) is 20.5. The van der Waals surface area contributed by atoms with E-state index in [0.29, 0.717) is 39.6 Å². The minimum absolute atomic E-state index is 0.201. The van der Waals surface area contributed by atoms with Crippen molar-refractivity contribution >= 4 is 17.6 Å². The lowest BCUT2D eigenvalue weighted by Gasteiger charge is -2.12. The number of carbonyl (C=O) groups excluding carboxylic acids is 1. The number of hydrogen-bond donors (Lipinski definition) is 4. The predicted molar refractivity (Wildman–Crippen MR) is 114 cm³/mol. The third-order valence-electron chi connectivity index (χ3n) is 5.17. The van der Waals surface area contributed by atoms with Gasteiger partial charge in [-0.05, 0) is 44.2 Å². The average molecular weight is 443 g/mol. The summed E-state index contributed by atoms with van der Waals surface area (Å²) in [5.41, 5.74) is 2.03. The number of hydrogen-bond acceptors (Lipinski definition) is 5. The number of nitrogens with one attached hydrogen (secondary N) is 4. The van der Waals surface area contributed by atoms with E-state index in [0.717, 1.165) is 0 Å². The van der Waals surface area contributed by atoms with Crippen molar-refractivity contribution in [3.8, 4) is 11.3 Å². The fraction of sp³-hybridized carbons (Fsp3) is 0.190. The van der Waals surface area contributed by atoms with Crippen molar-refractivity contribution in [1.29, 1.82) is 0 Å². The Hall–Kier alpha value is -3.72. The standard InChI is InChI=1S/C21H19ClN4O5/c1-9-16(19(27)25-23-9)18(17-10(2)24-26-20(17)28)15-7-6-14(31-15)11-4-5-13(22)12(8-11)21(29)30-3/h4-8,18H,1-3H3,(H2,23,25,27)(H2,24,26,28). The third-order valence-corrected chi connectivity index (χ3v) is 5.50. The molecular weight excluding hydrogens is 424 g/mol. The Kier molecular flexibility index (Phi) is 5.20. The lowest BCUT2D eigenvalue weighted by molar-refractivity contribution is 0.0601. The molecule has 0 aliphatic heterocycles. The number of rotatable bonds is 5. The molecule has 31 heavy (non-hydrogen) atoms. The molecule has 0 saturated carbocycles. The highest BCUT2D eigenvalue weighted by Gasteiger charge is 2.30. The van der Waals surface area contributed by atoms with Gasteiger partial charge in [-0.15, -0.1) is 0 Å². The van der Waals surface area contributed by atoms with Gasteiger partial charge >= 0.3 is 5.97 Å². The molecule has 0 bridgehead atoms. The van der Waals surface area contributed by atoms with Crippen LogP contribution in [0, 0.1) is 13.8 Å². The number of ether oxygens (including phenoxy) is 1. The lowest BCUT2D eigenvalue weighted by atomic mass is 9.89. The van der Waals surface area contributed by atoms with Crippen LogP contribution in [0.4, 0.5) is 0 Å². The Bertz CT molecular complexity index is 1330. The molecule has 1 aromatic carbocycles. The van der Waals surface area contributed by atoms with Gasteiger partial charge in [-0.25, -0.2) is 4.79 Å². The van der Waals surface area contributed by atoms with E-state index < -0.39 is 11.9 Å². The van der Waals surface area contributed by atoms with Crippen molar-refractivity contribution in [2.75, 3.05) is 7.11 Å². The molecule has 3 heterocycles. The lowest BCUT2D eigenvalue weighted by Crippen LogP contribution is -2.19. The van der Waals surface area contributed by atoms with Crippen molar-refractivity contribution in [1.82, 2.24) is 20.4 Å². The Morgan fingerprint density at radius 2 is 1.58 bits per heavy atom. The Morgan fingerprint density at radius 1 is 0.968 bits per heavy atom. The second-order valence-electron chi connectivity index (χ2n) is 7.06. The van der Waals surface area contributed by atoms with Crippen LogP contribution in [-0.2, 0) is 4.74 Å². The van der Waals surface area contributed by atoms with Crippen LogP contribution in [0.3, 0.4) is 0 Å². The molecule has 0 radical (unpaired) electrons. The second-order valence-corrected chi connectivity index (χ2v) is 7.46. The Labute approximate surface area is 180 Å². The summed E-state index contributed by atoms with van der Waals surface area (Å²) in [6.07, 6.45) is 0. The monoisotopic (exact) mass is 442 g/mol. The SMILES string of the molecule is COC(=O)c1cc(-c2ccc(C(c3c(C)[nH][nH]c3=O)c3c(C)[nH][nH]c3=O)o2)ccc1Cl. The molecule has 0 aliphatic rings. The average Bonchev–Trinajstić information content (AvgIpc) is 3.45. The van der Waals surface area contributed by atoms with Crippen LogP contribution in [0.15, 0.2) is 44.3 Å². The first-order valence-corrected chi connectivity index (χ1v) is 9.71. The Morgan fingerprint density at radius 3 is 2.10 bits per heavy atom. The molecule has 0 amide bonds. The number of furan rings is 1. The van der Waals surface area contributed by atoms with Gasteiger partial charge in [-0.3, -0.25) is 19.8 Å². The molecule has 0 aliphatic carbocycles. The summed E-state index contributed by atoms with van der Waals surface area (Å²) in [7, 11) is 1.27. The Balaban J connectivity index is 1.86. The van der Waals surface area contributed by atoms with Gasteiger partial charge in [0.15, 0.2) is 0 Å². The summed E-state index contributed by atoms with van der Waals surface area (Å²) < 4.78 is 10.8. The third kappa shape index (κ3) is 3.53. The van der Waals surface area contributed by atoms with Crippen molar-refractivity contribution in [3.05, 3.63) is 89.9 Å². The van der Waals surface area contributed by atoms with E-state index in [1.807, 2.05) is 0 Å². The number of halogens is 1.